The van der Waals surface area contributed by atoms with Gasteiger partial charge in [0.1, 0.15) is 6.04 Å². The molecule has 0 bridgehead atoms. The first-order chi connectivity index (χ1) is 13.8. The van der Waals surface area contributed by atoms with Crippen molar-refractivity contribution in [2.24, 2.45) is 0 Å². The molecule has 3 aromatic rings. The second-order valence-corrected chi connectivity index (χ2v) is 8.26. The SMILES string of the molecule is Cc1ccc(-c2nnc(C(C)OC(=O)[C@H](C)NS(=O)(=O)c3ccccc3)o2)cc1. The summed E-state index contributed by atoms with van der Waals surface area (Å²) in [5.74, 6) is -0.333. The molecule has 2 atom stereocenters. The highest BCUT2D eigenvalue weighted by Gasteiger charge is 2.26. The van der Waals surface area contributed by atoms with E-state index in [-0.39, 0.29) is 10.8 Å². The van der Waals surface area contributed by atoms with Gasteiger partial charge in [-0.2, -0.15) is 4.72 Å². The molecule has 0 amide bonds. The molecule has 0 fully saturated rings. The topological polar surface area (TPSA) is 111 Å². The lowest BCUT2D eigenvalue weighted by molar-refractivity contribution is -0.151. The van der Waals surface area contributed by atoms with E-state index < -0.39 is 28.1 Å². The number of carbonyl (C=O) groups excluding carboxylic acids is 1. The number of nitrogens with zero attached hydrogens (tertiary/aromatic N) is 2. The van der Waals surface area contributed by atoms with E-state index in [4.69, 9.17) is 9.15 Å². The second kappa shape index (κ2) is 8.54. The van der Waals surface area contributed by atoms with Gasteiger partial charge in [-0.1, -0.05) is 35.9 Å². The highest BCUT2D eigenvalue weighted by atomic mass is 32.2. The molecule has 3 rings (SSSR count). The lowest BCUT2D eigenvalue weighted by Gasteiger charge is -2.16. The van der Waals surface area contributed by atoms with Crippen molar-refractivity contribution in [1.82, 2.24) is 14.9 Å². The Morgan fingerprint density at radius 3 is 2.34 bits per heavy atom. The molecule has 1 unspecified atom stereocenters. The molecule has 0 saturated heterocycles. The molecule has 0 radical (unpaired) electrons. The number of nitrogens with one attached hydrogen (secondary N) is 1. The van der Waals surface area contributed by atoms with Crippen LogP contribution in [0, 0.1) is 6.92 Å². The summed E-state index contributed by atoms with van der Waals surface area (Å²) in [6.45, 7) is 4.95. The molecule has 8 nitrogen and oxygen atoms in total. The predicted molar refractivity (Wildman–Crippen MR) is 105 cm³/mol. The molecule has 0 saturated carbocycles. The molecule has 0 spiro atoms. The lowest BCUT2D eigenvalue weighted by atomic mass is 10.1. The van der Waals surface area contributed by atoms with Crippen LogP contribution in [0.2, 0.25) is 0 Å². The molecule has 0 aliphatic heterocycles. The van der Waals surface area contributed by atoms with Gasteiger partial charge >= 0.3 is 5.97 Å². The van der Waals surface area contributed by atoms with Gasteiger partial charge in [-0.05, 0) is 45.0 Å². The number of benzene rings is 2. The van der Waals surface area contributed by atoms with E-state index in [0.717, 1.165) is 11.1 Å². The lowest BCUT2D eigenvalue weighted by Crippen LogP contribution is -2.39. The molecule has 29 heavy (non-hydrogen) atoms. The van der Waals surface area contributed by atoms with Crippen molar-refractivity contribution in [1.29, 1.82) is 0 Å². The number of aromatic nitrogens is 2. The van der Waals surface area contributed by atoms with Gasteiger partial charge in [0.15, 0.2) is 6.10 Å². The van der Waals surface area contributed by atoms with Gasteiger partial charge in [0, 0.05) is 5.56 Å². The van der Waals surface area contributed by atoms with Gasteiger partial charge in [0.05, 0.1) is 4.90 Å². The molecule has 9 heteroatoms. The van der Waals surface area contributed by atoms with E-state index >= 15 is 0 Å². The molecule has 1 aromatic heterocycles. The van der Waals surface area contributed by atoms with Crippen molar-refractivity contribution < 1.29 is 22.4 Å². The summed E-state index contributed by atoms with van der Waals surface area (Å²) >= 11 is 0. The van der Waals surface area contributed by atoms with Crippen LogP contribution in [0.25, 0.3) is 11.5 Å². The Hall–Kier alpha value is -3.04. The molecule has 0 aliphatic carbocycles. The number of rotatable bonds is 7. The van der Waals surface area contributed by atoms with Gasteiger partial charge in [-0.25, -0.2) is 8.42 Å². The summed E-state index contributed by atoms with van der Waals surface area (Å²) in [6, 6.07) is 14.2. The minimum absolute atomic E-state index is 0.0624. The van der Waals surface area contributed by atoms with Crippen LogP contribution in [0.4, 0.5) is 0 Å². The number of carbonyl (C=O) groups is 1. The Morgan fingerprint density at radius 2 is 1.69 bits per heavy atom. The average Bonchev–Trinajstić information content (AvgIpc) is 3.19. The molecule has 1 N–H and O–H groups in total. The van der Waals surface area contributed by atoms with E-state index in [1.54, 1.807) is 25.1 Å². The fraction of sp³-hybridized carbons (Fsp3) is 0.250. The van der Waals surface area contributed by atoms with Gasteiger partial charge in [0.2, 0.25) is 15.9 Å². The Morgan fingerprint density at radius 1 is 1.03 bits per heavy atom. The number of esters is 1. The third-order valence-electron chi connectivity index (χ3n) is 4.12. The van der Waals surface area contributed by atoms with E-state index in [9.17, 15) is 13.2 Å². The van der Waals surface area contributed by atoms with Crippen LogP contribution in [-0.4, -0.2) is 30.6 Å². The molecule has 2 aromatic carbocycles. The quantitative estimate of drug-likeness (QED) is 0.590. The largest absolute Gasteiger partial charge is 0.451 e. The standard InChI is InChI=1S/C20H21N3O5S/c1-13-9-11-16(12-10-13)19-22-21-18(28-19)15(3)27-20(24)14(2)23-29(25,26)17-7-5-4-6-8-17/h4-12,14-15,23H,1-3H3/t14-,15?/m0/s1. The first kappa shape index (κ1) is 20.7. The highest BCUT2D eigenvalue weighted by molar-refractivity contribution is 7.89. The van der Waals surface area contributed by atoms with Gasteiger partial charge < -0.3 is 9.15 Å². The van der Waals surface area contributed by atoms with Crippen molar-refractivity contribution in [2.75, 3.05) is 0 Å². The third kappa shape index (κ3) is 5.07. The zero-order chi connectivity index (χ0) is 21.0. The zero-order valence-corrected chi connectivity index (χ0v) is 17.0. The summed E-state index contributed by atoms with van der Waals surface area (Å²) < 4.78 is 37.8. The summed E-state index contributed by atoms with van der Waals surface area (Å²) in [6.07, 6.45) is -0.835. The number of hydrogen-bond acceptors (Lipinski definition) is 7. The summed E-state index contributed by atoms with van der Waals surface area (Å²) in [4.78, 5) is 12.4. The molecular formula is C20H21N3O5S. The van der Waals surface area contributed by atoms with Crippen molar-refractivity contribution >= 4 is 16.0 Å². The van der Waals surface area contributed by atoms with Crippen LogP contribution < -0.4 is 4.72 Å². The molecule has 1 heterocycles. The van der Waals surface area contributed by atoms with Crippen LogP contribution in [0.3, 0.4) is 0 Å². The Bertz CT molecular complexity index is 1080. The minimum atomic E-state index is -3.84. The fourth-order valence-corrected chi connectivity index (χ4v) is 3.70. The van der Waals surface area contributed by atoms with Gasteiger partial charge in [-0.3, -0.25) is 4.79 Å². The zero-order valence-electron chi connectivity index (χ0n) is 16.2. The number of ether oxygens (including phenoxy) is 1. The van der Waals surface area contributed by atoms with E-state index in [2.05, 4.69) is 14.9 Å². The molecular weight excluding hydrogens is 394 g/mol. The van der Waals surface area contributed by atoms with Crippen LogP contribution >= 0.6 is 0 Å². The monoisotopic (exact) mass is 415 g/mol. The number of aryl methyl sites for hydroxylation is 1. The van der Waals surface area contributed by atoms with E-state index in [1.165, 1.54) is 19.1 Å². The van der Waals surface area contributed by atoms with Crippen molar-refractivity contribution in [3.63, 3.8) is 0 Å². The van der Waals surface area contributed by atoms with Crippen LogP contribution in [0.1, 0.15) is 31.4 Å². The first-order valence-electron chi connectivity index (χ1n) is 8.94. The maximum Gasteiger partial charge on any atom is 0.324 e. The first-order valence-corrected chi connectivity index (χ1v) is 10.4. The summed E-state index contributed by atoms with van der Waals surface area (Å²) in [7, 11) is -3.84. The average molecular weight is 415 g/mol. The van der Waals surface area contributed by atoms with Crippen molar-refractivity contribution in [3.05, 3.63) is 66.1 Å². The maximum atomic E-state index is 12.3. The maximum absolute atomic E-state index is 12.3. The molecule has 152 valence electrons. The van der Waals surface area contributed by atoms with E-state index in [0.29, 0.717) is 5.89 Å². The Balaban J connectivity index is 1.63. The van der Waals surface area contributed by atoms with Gasteiger partial charge in [-0.15, -0.1) is 10.2 Å². The van der Waals surface area contributed by atoms with Crippen molar-refractivity contribution in [2.45, 2.75) is 37.8 Å². The smallest absolute Gasteiger partial charge is 0.324 e. The van der Waals surface area contributed by atoms with Crippen molar-refractivity contribution in [3.8, 4) is 11.5 Å². The van der Waals surface area contributed by atoms with Crippen LogP contribution in [0.5, 0.6) is 0 Å². The van der Waals surface area contributed by atoms with E-state index in [1.807, 2.05) is 31.2 Å². The number of sulfonamides is 1. The minimum Gasteiger partial charge on any atom is -0.451 e. The molecule has 0 aliphatic rings. The Labute approximate surface area is 169 Å². The van der Waals surface area contributed by atoms with Crippen LogP contribution in [-0.2, 0) is 19.6 Å². The summed E-state index contributed by atoms with van der Waals surface area (Å²) in [5, 5.41) is 7.89. The number of hydrogen-bond donors (Lipinski definition) is 1. The third-order valence-corrected chi connectivity index (χ3v) is 5.68. The highest BCUT2D eigenvalue weighted by Crippen LogP contribution is 2.23. The Kier molecular flexibility index (Phi) is 6.09. The second-order valence-electron chi connectivity index (χ2n) is 6.55. The van der Waals surface area contributed by atoms with Gasteiger partial charge in [0.25, 0.3) is 5.89 Å². The fourth-order valence-electron chi connectivity index (χ4n) is 2.49. The predicted octanol–water partition coefficient (Wildman–Crippen LogP) is 3.02. The summed E-state index contributed by atoms with van der Waals surface area (Å²) in [5.41, 5.74) is 1.85. The normalized spacial score (nSPS) is 13.6. The van der Waals surface area contributed by atoms with Crippen LogP contribution in [0.15, 0.2) is 63.9 Å².